The molecule has 0 fully saturated rings. The van der Waals surface area contributed by atoms with Crippen molar-refractivity contribution >= 4 is 16.9 Å². The molecule has 2 aromatic carbocycles. The monoisotopic (exact) mass is 368 g/mol. The zero-order valence-corrected chi connectivity index (χ0v) is 16.1. The Hall–Kier alpha value is -3.02. The summed E-state index contributed by atoms with van der Waals surface area (Å²) in [7, 11) is 3.21. The Balaban J connectivity index is 1.58. The van der Waals surface area contributed by atoms with Crippen molar-refractivity contribution in [2.75, 3.05) is 20.8 Å². The summed E-state index contributed by atoms with van der Waals surface area (Å²) >= 11 is 0. The van der Waals surface area contributed by atoms with Crippen molar-refractivity contribution in [2.45, 2.75) is 26.7 Å². The van der Waals surface area contributed by atoms with Crippen LogP contribution in [0, 0.1) is 13.8 Å². The second kappa shape index (κ2) is 8.12. The van der Waals surface area contributed by atoms with E-state index in [9.17, 15) is 4.79 Å². The topological polar surface area (TPSA) is 73.6 Å². The number of ether oxygens (including phenoxy) is 2. The Bertz CT molecular complexity index is 962. The van der Waals surface area contributed by atoms with Crippen molar-refractivity contribution in [2.24, 2.45) is 0 Å². The van der Waals surface area contributed by atoms with Gasteiger partial charge in [0.15, 0.2) is 17.1 Å². The summed E-state index contributed by atoms with van der Waals surface area (Å²) in [5.74, 6) is 1.29. The van der Waals surface area contributed by atoms with Gasteiger partial charge in [-0.3, -0.25) is 4.79 Å². The van der Waals surface area contributed by atoms with E-state index >= 15 is 0 Å². The van der Waals surface area contributed by atoms with E-state index in [-0.39, 0.29) is 12.3 Å². The number of carbonyl (C=O) groups excluding carboxylic acids is 1. The van der Waals surface area contributed by atoms with Crippen LogP contribution < -0.4 is 14.8 Å². The number of aromatic nitrogens is 1. The van der Waals surface area contributed by atoms with Crippen LogP contribution in [0.4, 0.5) is 0 Å². The first-order chi connectivity index (χ1) is 13.0. The highest BCUT2D eigenvalue weighted by molar-refractivity contribution is 5.87. The van der Waals surface area contributed by atoms with E-state index < -0.39 is 0 Å². The Labute approximate surface area is 158 Å². The maximum atomic E-state index is 12.3. The van der Waals surface area contributed by atoms with Crippen molar-refractivity contribution in [1.82, 2.24) is 10.5 Å². The predicted octanol–water partition coefficient (Wildman–Crippen LogP) is 3.36. The molecule has 0 bridgehead atoms. The molecule has 0 unspecified atom stereocenters. The van der Waals surface area contributed by atoms with Gasteiger partial charge in [-0.15, -0.1) is 0 Å². The molecule has 0 radical (unpaired) electrons. The van der Waals surface area contributed by atoms with Crippen LogP contribution >= 0.6 is 0 Å². The number of fused-ring (bicyclic) bond motifs is 1. The Kier molecular flexibility index (Phi) is 5.64. The fraction of sp³-hybridized carbons (Fsp3) is 0.333. The van der Waals surface area contributed by atoms with Gasteiger partial charge in [-0.2, -0.15) is 0 Å². The van der Waals surface area contributed by atoms with Gasteiger partial charge in [-0.05, 0) is 61.2 Å². The van der Waals surface area contributed by atoms with Crippen molar-refractivity contribution in [1.29, 1.82) is 0 Å². The number of methoxy groups -OCH3 is 2. The molecule has 142 valence electrons. The molecule has 3 aromatic rings. The van der Waals surface area contributed by atoms with Crippen LogP contribution in [0.1, 0.15) is 22.4 Å². The summed E-state index contributed by atoms with van der Waals surface area (Å²) < 4.78 is 15.9. The van der Waals surface area contributed by atoms with Gasteiger partial charge in [0, 0.05) is 11.9 Å². The first-order valence-corrected chi connectivity index (χ1v) is 8.85. The van der Waals surface area contributed by atoms with Crippen molar-refractivity contribution < 1.29 is 18.8 Å². The van der Waals surface area contributed by atoms with Gasteiger partial charge >= 0.3 is 0 Å². The fourth-order valence-corrected chi connectivity index (χ4v) is 2.97. The average molecular weight is 368 g/mol. The maximum Gasteiger partial charge on any atom is 0.226 e. The molecule has 1 amide bonds. The molecule has 1 aromatic heterocycles. The number of nitrogens with one attached hydrogen (secondary N) is 1. The third-order valence-electron chi connectivity index (χ3n) is 4.67. The lowest BCUT2D eigenvalue weighted by Gasteiger charge is -2.10. The number of hydrogen-bond donors (Lipinski definition) is 1. The quantitative estimate of drug-likeness (QED) is 0.692. The molecule has 0 saturated heterocycles. The van der Waals surface area contributed by atoms with Gasteiger partial charge in [-0.1, -0.05) is 11.2 Å². The standard InChI is InChI=1S/C21H24N2O4/c1-13-9-16-17(23-27-19(16)10-14(13)2)12-21(24)22-8-7-15-5-6-18(25-3)20(11-15)26-4/h5-6,9-11H,7-8,12H2,1-4H3,(H,22,24). The van der Waals surface area contributed by atoms with Gasteiger partial charge in [0.2, 0.25) is 5.91 Å². The molecule has 3 rings (SSSR count). The number of amides is 1. The SMILES string of the molecule is COc1ccc(CCNC(=O)Cc2noc3cc(C)c(C)cc23)cc1OC. The molecule has 1 heterocycles. The maximum absolute atomic E-state index is 12.3. The summed E-state index contributed by atoms with van der Waals surface area (Å²) in [5.41, 5.74) is 4.74. The lowest BCUT2D eigenvalue weighted by molar-refractivity contribution is -0.120. The zero-order valence-electron chi connectivity index (χ0n) is 16.1. The van der Waals surface area contributed by atoms with Crippen LogP contribution in [-0.2, 0) is 17.6 Å². The van der Waals surface area contributed by atoms with E-state index in [1.807, 2.05) is 44.2 Å². The third kappa shape index (κ3) is 4.22. The Morgan fingerprint density at radius 2 is 1.81 bits per heavy atom. The van der Waals surface area contributed by atoms with Crippen molar-refractivity contribution in [3.63, 3.8) is 0 Å². The fourth-order valence-electron chi connectivity index (χ4n) is 2.97. The zero-order chi connectivity index (χ0) is 19.4. The Morgan fingerprint density at radius 1 is 1.07 bits per heavy atom. The predicted molar refractivity (Wildman–Crippen MR) is 103 cm³/mol. The Morgan fingerprint density at radius 3 is 2.56 bits per heavy atom. The second-order valence-electron chi connectivity index (χ2n) is 6.53. The van der Waals surface area contributed by atoms with Crippen LogP contribution in [0.5, 0.6) is 11.5 Å². The molecule has 6 nitrogen and oxygen atoms in total. The second-order valence-corrected chi connectivity index (χ2v) is 6.53. The average Bonchev–Trinajstić information content (AvgIpc) is 3.03. The number of nitrogens with zero attached hydrogens (tertiary/aromatic N) is 1. The highest BCUT2D eigenvalue weighted by atomic mass is 16.5. The van der Waals surface area contributed by atoms with E-state index in [2.05, 4.69) is 10.5 Å². The van der Waals surface area contributed by atoms with Gasteiger partial charge in [0.1, 0.15) is 5.69 Å². The highest BCUT2D eigenvalue weighted by Crippen LogP contribution is 2.27. The van der Waals surface area contributed by atoms with Gasteiger partial charge in [0.05, 0.1) is 20.6 Å². The summed E-state index contributed by atoms with van der Waals surface area (Å²) in [4.78, 5) is 12.3. The molecule has 0 spiro atoms. The number of hydrogen-bond acceptors (Lipinski definition) is 5. The van der Waals surface area contributed by atoms with E-state index in [4.69, 9.17) is 14.0 Å². The minimum absolute atomic E-state index is 0.0797. The van der Waals surface area contributed by atoms with Crippen LogP contribution in [0.25, 0.3) is 11.0 Å². The van der Waals surface area contributed by atoms with Gasteiger partial charge in [-0.25, -0.2) is 0 Å². The van der Waals surface area contributed by atoms with Crippen LogP contribution in [0.2, 0.25) is 0 Å². The third-order valence-corrected chi connectivity index (χ3v) is 4.67. The lowest BCUT2D eigenvalue weighted by atomic mass is 10.1. The molecule has 0 aliphatic heterocycles. The molecule has 0 aliphatic rings. The molecule has 27 heavy (non-hydrogen) atoms. The normalized spacial score (nSPS) is 10.8. The first-order valence-electron chi connectivity index (χ1n) is 8.85. The van der Waals surface area contributed by atoms with E-state index in [1.165, 1.54) is 0 Å². The number of aryl methyl sites for hydroxylation is 2. The van der Waals surface area contributed by atoms with E-state index in [1.54, 1.807) is 14.2 Å². The molecular weight excluding hydrogens is 344 g/mol. The van der Waals surface area contributed by atoms with Crippen LogP contribution in [0.15, 0.2) is 34.9 Å². The van der Waals surface area contributed by atoms with Gasteiger partial charge < -0.3 is 19.3 Å². The molecule has 0 aliphatic carbocycles. The number of rotatable bonds is 7. The summed E-state index contributed by atoms with van der Waals surface area (Å²) in [5, 5.41) is 7.89. The summed E-state index contributed by atoms with van der Waals surface area (Å²) in [6, 6.07) is 9.72. The summed E-state index contributed by atoms with van der Waals surface area (Å²) in [6.07, 6.45) is 0.894. The van der Waals surface area contributed by atoms with E-state index in [0.717, 1.165) is 22.1 Å². The minimum atomic E-state index is -0.0797. The molecule has 0 saturated carbocycles. The first kappa shape index (κ1) is 18.8. The lowest BCUT2D eigenvalue weighted by Crippen LogP contribution is -2.27. The van der Waals surface area contributed by atoms with Crippen LogP contribution in [0.3, 0.4) is 0 Å². The molecular formula is C21H24N2O4. The van der Waals surface area contributed by atoms with Crippen molar-refractivity contribution in [3.8, 4) is 11.5 Å². The smallest absolute Gasteiger partial charge is 0.226 e. The highest BCUT2D eigenvalue weighted by Gasteiger charge is 2.13. The van der Waals surface area contributed by atoms with Crippen LogP contribution in [-0.4, -0.2) is 31.8 Å². The number of carbonyl (C=O) groups is 1. The van der Waals surface area contributed by atoms with Crippen molar-refractivity contribution in [3.05, 3.63) is 52.7 Å². The summed E-state index contributed by atoms with van der Waals surface area (Å²) in [6.45, 7) is 4.59. The largest absolute Gasteiger partial charge is 0.493 e. The molecule has 0 atom stereocenters. The van der Waals surface area contributed by atoms with E-state index in [0.29, 0.717) is 35.7 Å². The minimum Gasteiger partial charge on any atom is -0.493 e. The van der Waals surface area contributed by atoms with Gasteiger partial charge in [0.25, 0.3) is 0 Å². The molecule has 1 N–H and O–H groups in total. The molecule has 6 heteroatoms. The number of benzene rings is 2.